The molecule has 0 saturated carbocycles. The molecule has 7 nitrogen and oxygen atoms in total. The summed E-state index contributed by atoms with van der Waals surface area (Å²) in [5, 5.41) is 0. The highest BCUT2D eigenvalue weighted by Gasteiger charge is 2.33. The molecule has 1 aromatic carbocycles. The van der Waals surface area contributed by atoms with Crippen LogP contribution in [0.15, 0.2) is 18.2 Å². The van der Waals surface area contributed by atoms with Gasteiger partial charge in [-0.1, -0.05) is 25.0 Å². The summed E-state index contributed by atoms with van der Waals surface area (Å²) in [6, 6.07) is 6.03. The van der Waals surface area contributed by atoms with Gasteiger partial charge < -0.3 is 9.64 Å². The Morgan fingerprint density at radius 2 is 1.61 bits per heavy atom. The fourth-order valence-electron chi connectivity index (χ4n) is 4.71. The number of amides is 1. The summed E-state index contributed by atoms with van der Waals surface area (Å²) in [6.45, 7) is 7.07. The number of carbonyl (C=O) groups is 1. The quantitative estimate of drug-likeness (QED) is 0.709. The minimum absolute atomic E-state index is 0.0591. The predicted molar refractivity (Wildman–Crippen MR) is 120 cm³/mol. The number of hydrogen-bond acceptors (Lipinski definition) is 4. The highest BCUT2D eigenvalue weighted by atomic mass is 32.2. The lowest BCUT2D eigenvalue weighted by Gasteiger charge is -2.36. The van der Waals surface area contributed by atoms with E-state index in [0.717, 1.165) is 55.4 Å². The monoisotopic (exact) mass is 449 g/mol. The molecule has 1 amide bonds. The van der Waals surface area contributed by atoms with Crippen LogP contribution in [0.1, 0.15) is 57.1 Å². The fourth-order valence-corrected chi connectivity index (χ4v) is 6.38. The van der Waals surface area contributed by atoms with E-state index in [4.69, 9.17) is 4.74 Å². The van der Waals surface area contributed by atoms with E-state index in [-0.39, 0.29) is 11.5 Å². The molecular formula is C23H35N3O4S. The minimum Gasteiger partial charge on any atom is -0.488 e. The number of fused-ring (bicyclic) bond motifs is 1. The Labute approximate surface area is 186 Å². The lowest BCUT2D eigenvalue weighted by molar-refractivity contribution is -0.131. The van der Waals surface area contributed by atoms with Gasteiger partial charge in [0.15, 0.2) is 0 Å². The highest BCUT2D eigenvalue weighted by Crippen LogP contribution is 2.33. The number of hydrogen-bond donors (Lipinski definition) is 0. The van der Waals surface area contributed by atoms with Crippen molar-refractivity contribution >= 4 is 16.1 Å². The Morgan fingerprint density at radius 3 is 2.29 bits per heavy atom. The number of nitrogens with zero attached hydrogens (tertiary/aromatic N) is 3. The van der Waals surface area contributed by atoms with Gasteiger partial charge in [-0.15, -0.1) is 0 Å². The van der Waals surface area contributed by atoms with E-state index in [0.29, 0.717) is 45.7 Å². The van der Waals surface area contributed by atoms with E-state index in [1.54, 1.807) is 13.5 Å². The molecule has 0 spiro atoms. The topological polar surface area (TPSA) is 70.2 Å². The molecule has 2 saturated heterocycles. The Balaban J connectivity index is 1.32. The van der Waals surface area contributed by atoms with Gasteiger partial charge in [-0.2, -0.15) is 17.0 Å². The van der Waals surface area contributed by atoms with Crippen LogP contribution in [-0.4, -0.2) is 72.7 Å². The zero-order valence-electron chi connectivity index (χ0n) is 18.8. The van der Waals surface area contributed by atoms with E-state index in [1.807, 2.05) is 12.1 Å². The lowest BCUT2D eigenvalue weighted by Crippen LogP contribution is -2.54. The maximum atomic E-state index is 13.0. The second-order valence-corrected chi connectivity index (χ2v) is 11.5. The summed E-state index contributed by atoms with van der Waals surface area (Å²) in [5.41, 5.74) is 2.02. The molecule has 0 aromatic heterocycles. The van der Waals surface area contributed by atoms with Gasteiger partial charge >= 0.3 is 0 Å². The third-order valence-electron chi connectivity index (χ3n) is 6.67. The molecule has 3 heterocycles. The van der Waals surface area contributed by atoms with Crippen LogP contribution in [0.2, 0.25) is 0 Å². The first-order valence-corrected chi connectivity index (χ1v) is 13.0. The van der Waals surface area contributed by atoms with Crippen LogP contribution in [0.25, 0.3) is 0 Å². The molecule has 0 aliphatic carbocycles. The van der Waals surface area contributed by atoms with Gasteiger partial charge in [0.1, 0.15) is 11.4 Å². The first-order chi connectivity index (χ1) is 14.7. The molecule has 3 aliphatic rings. The Hall–Kier alpha value is -1.64. The molecule has 8 heteroatoms. The minimum atomic E-state index is -3.42. The highest BCUT2D eigenvalue weighted by molar-refractivity contribution is 7.86. The van der Waals surface area contributed by atoms with Crippen LogP contribution in [-0.2, 0) is 27.8 Å². The maximum Gasteiger partial charge on any atom is 0.282 e. The van der Waals surface area contributed by atoms with Crippen molar-refractivity contribution in [2.24, 2.45) is 0 Å². The van der Waals surface area contributed by atoms with E-state index in [2.05, 4.69) is 19.9 Å². The molecule has 1 aromatic rings. The second-order valence-electron chi connectivity index (χ2n) is 9.58. The van der Waals surface area contributed by atoms with Crippen molar-refractivity contribution in [1.82, 2.24) is 13.5 Å². The Morgan fingerprint density at radius 1 is 0.968 bits per heavy atom. The summed E-state index contributed by atoms with van der Waals surface area (Å²) in [7, 11) is -3.42. The van der Waals surface area contributed by atoms with Crippen molar-refractivity contribution in [3.8, 4) is 5.75 Å². The number of ether oxygens (including phenoxy) is 1. The predicted octanol–water partition coefficient (Wildman–Crippen LogP) is 2.60. The Bertz CT molecular complexity index is 899. The zero-order valence-corrected chi connectivity index (χ0v) is 19.6. The van der Waals surface area contributed by atoms with Crippen LogP contribution in [0.4, 0.5) is 0 Å². The van der Waals surface area contributed by atoms with Gasteiger partial charge in [0.25, 0.3) is 10.2 Å². The summed E-state index contributed by atoms with van der Waals surface area (Å²) in [4.78, 5) is 14.7. The second kappa shape index (κ2) is 9.08. The van der Waals surface area contributed by atoms with Crippen molar-refractivity contribution in [2.45, 2.75) is 64.4 Å². The first kappa shape index (κ1) is 22.6. The number of piperazine rings is 1. The standard InChI is InChI=1S/C23H35N3O4S/c1-23(2)10-9-20-17-19(7-8-21(20)30-23)18-22(27)24-13-15-26(16-14-24)31(28,29)25-11-5-3-4-6-12-25/h7-8,17H,3-6,9-16,18H2,1-2H3. The van der Waals surface area contributed by atoms with E-state index in [1.165, 1.54) is 0 Å². The van der Waals surface area contributed by atoms with Crippen molar-refractivity contribution < 1.29 is 17.9 Å². The van der Waals surface area contributed by atoms with Crippen LogP contribution < -0.4 is 4.74 Å². The molecule has 3 aliphatic heterocycles. The van der Waals surface area contributed by atoms with Gasteiger partial charge in [-0.05, 0) is 56.7 Å². The number of benzene rings is 1. The Kier molecular flexibility index (Phi) is 6.60. The molecule has 0 radical (unpaired) electrons. The smallest absolute Gasteiger partial charge is 0.282 e. The van der Waals surface area contributed by atoms with Gasteiger partial charge in [0.2, 0.25) is 5.91 Å². The molecule has 2 fully saturated rings. The molecule has 31 heavy (non-hydrogen) atoms. The third kappa shape index (κ3) is 5.23. The molecule has 0 bridgehead atoms. The van der Waals surface area contributed by atoms with Crippen LogP contribution in [0, 0.1) is 0 Å². The molecule has 4 rings (SSSR count). The molecule has 0 unspecified atom stereocenters. The number of aryl methyl sites for hydroxylation is 1. The summed E-state index contributed by atoms with van der Waals surface area (Å²) in [6.07, 6.45) is 6.32. The van der Waals surface area contributed by atoms with Crippen LogP contribution >= 0.6 is 0 Å². The van der Waals surface area contributed by atoms with Gasteiger partial charge in [-0.3, -0.25) is 4.79 Å². The average molecular weight is 450 g/mol. The van der Waals surface area contributed by atoms with Crippen molar-refractivity contribution in [3.05, 3.63) is 29.3 Å². The average Bonchev–Trinajstić information content (AvgIpc) is 3.04. The summed E-state index contributed by atoms with van der Waals surface area (Å²) in [5.74, 6) is 0.976. The van der Waals surface area contributed by atoms with Crippen molar-refractivity contribution in [2.75, 3.05) is 39.3 Å². The largest absolute Gasteiger partial charge is 0.488 e. The fraction of sp³-hybridized carbons (Fsp3) is 0.696. The zero-order chi connectivity index (χ0) is 22.1. The van der Waals surface area contributed by atoms with Gasteiger partial charge in [-0.25, -0.2) is 0 Å². The molecule has 172 valence electrons. The van der Waals surface area contributed by atoms with E-state index < -0.39 is 10.2 Å². The SMILES string of the molecule is CC1(C)CCc2cc(CC(=O)N3CCN(S(=O)(=O)N4CCCCCC4)CC3)ccc2O1. The number of carbonyl (C=O) groups excluding carboxylic acids is 1. The maximum absolute atomic E-state index is 13.0. The van der Waals surface area contributed by atoms with Crippen molar-refractivity contribution in [3.63, 3.8) is 0 Å². The number of rotatable bonds is 4. The first-order valence-electron chi connectivity index (χ1n) is 11.6. The summed E-state index contributed by atoms with van der Waals surface area (Å²) >= 11 is 0. The van der Waals surface area contributed by atoms with Crippen LogP contribution in [0.3, 0.4) is 0 Å². The van der Waals surface area contributed by atoms with E-state index >= 15 is 0 Å². The molecular weight excluding hydrogens is 414 g/mol. The summed E-state index contributed by atoms with van der Waals surface area (Å²) < 4.78 is 35.2. The third-order valence-corrected chi connectivity index (χ3v) is 8.71. The molecule has 0 N–H and O–H groups in total. The van der Waals surface area contributed by atoms with Gasteiger partial charge in [0.05, 0.1) is 6.42 Å². The molecule has 0 atom stereocenters. The van der Waals surface area contributed by atoms with Gasteiger partial charge in [0, 0.05) is 39.3 Å². The van der Waals surface area contributed by atoms with E-state index in [9.17, 15) is 13.2 Å². The normalized spacial score (nSPS) is 23.0. The van der Waals surface area contributed by atoms with Crippen LogP contribution in [0.5, 0.6) is 5.75 Å². The lowest BCUT2D eigenvalue weighted by atomic mass is 9.93. The van der Waals surface area contributed by atoms with Crippen molar-refractivity contribution in [1.29, 1.82) is 0 Å².